The maximum atomic E-state index is 12.1. The van der Waals surface area contributed by atoms with E-state index in [1.54, 1.807) is 0 Å². The molecule has 0 bridgehead atoms. The summed E-state index contributed by atoms with van der Waals surface area (Å²) in [6, 6.07) is 8.00. The van der Waals surface area contributed by atoms with Gasteiger partial charge in [0, 0.05) is 0 Å². The molecule has 1 rings (SSSR count). The van der Waals surface area contributed by atoms with Gasteiger partial charge in [-0.15, -0.1) is 0 Å². The Bertz CT molecular complexity index is 372. The Balaban J connectivity index is 3.20. The predicted molar refractivity (Wildman–Crippen MR) is 68.8 cm³/mol. The molecular formula is C14H21NO2. The van der Waals surface area contributed by atoms with Gasteiger partial charge >= 0.3 is 5.97 Å². The standard InChI is InChI=1S/C14H21NO2/c1-5-14(15-6-2,13(16)17-4)12-9-7-11(3)8-10-12/h7-10,15H,5-6H2,1-4H3. The third-order valence-electron chi connectivity index (χ3n) is 3.09. The van der Waals surface area contributed by atoms with Gasteiger partial charge < -0.3 is 4.74 Å². The van der Waals surface area contributed by atoms with Gasteiger partial charge in [-0.25, -0.2) is 4.79 Å². The minimum atomic E-state index is -0.725. The first kappa shape index (κ1) is 13.7. The van der Waals surface area contributed by atoms with Crippen LogP contribution in [0.5, 0.6) is 0 Å². The van der Waals surface area contributed by atoms with E-state index in [9.17, 15) is 4.79 Å². The molecule has 0 radical (unpaired) electrons. The van der Waals surface area contributed by atoms with Crippen LogP contribution in [0.2, 0.25) is 0 Å². The molecule has 1 aromatic rings. The Labute approximate surface area is 103 Å². The monoisotopic (exact) mass is 235 g/mol. The van der Waals surface area contributed by atoms with Crippen molar-refractivity contribution in [2.75, 3.05) is 13.7 Å². The summed E-state index contributed by atoms with van der Waals surface area (Å²) in [7, 11) is 1.43. The van der Waals surface area contributed by atoms with Gasteiger partial charge in [-0.1, -0.05) is 43.7 Å². The molecule has 0 aliphatic heterocycles. The van der Waals surface area contributed by atoms with Crippen LogP contribution in [0, 0.1) is 6.92 Å². The number of benzene rings is 1. The van der Waals surface area contributed by atoms with Crippen LogP contribution in [0.3, 0.4) is 0 Å². The fourth-order valence-electron chi connectivity index (χ4n) is 2.08. The minimum absolute atomic E-state index is 0.231. The molecule has 3 nitrogen and oxygen atoms in total. The number of nitrogens with one attached hydrogen (secondary N) is 1. The van der Waals surface area contributed by atoms with Crippen molar-refractivity contribution in [2.45, 2.75) is 32.7 Å². The van der Waals surface area contributed by atoms with Gasteiger partial charge in [-0.3, -0.25) is 5.32 Å². The van der Waals surface area contributed by atoms with Gasteiger partial charge in [0.2, 0.25) is 0 Å². The van der Waals surface area contributed by atoms with E-state index in [2.05, 4.69) is 5.32 Å². The Kier molecular flexibility index (Phi) is 4.70. The molecule has 0 fully saturated rings. The number of likely N-dealkylation sites (N-methyl/N-ethyl adjacent to an activating group) is 1. The van der Waals surface area contributed by atoms with E-state index < -0.39 is 5.54 Å². The van der Waals surface area contributed by atoms with Crippen molar-refractivity contribution in [3.63, 3.8) is 0 Å². The smallest absolute Gasteiger partial charge is 0.330 e. The highest BCUT2D eigenvalue weighted by Gasteiger charge is 2.38. The summed E-state index contributed by atoms with van der Waals surface area (Å²) >= 11 is 0. The lowest BCUT2D eigenvalue weighted by molar-refractivity contribution is -0.149. The van der Waals surface area contributed by atoms with Crippen LogP contribution in [0.4, 0.5) is 0 Å². The topological polar surface area (TPSA) is 38.3 Å². The number of hydrogen-bond donors (Lipinski definition) is 1. The number of hydrogen-bond acceptors (Lipinski definition) is 3. The van der Waals surface area contributed by atoms with Gasteiger partial charge in [-0.05, 0) is 25.5 Å². The molecule has 1 N–H and O–H groups in total. The quantitative estimate of drug-likeness (QED) is 0.796. The minimum Gasteiger partial charge on any atom is -0.467 e. The fourth-order valence-corrected chi connectivity index (χ4v) is 2.08. The number of aryl methyl sites for hydroxylation is 1. The maximum Gasteiger partial charge on any atom is 0.330 e. The molecule has 3 heteroatoms. The zero-order valence-corrected chi connectivity index (χ0v) is 11.0. The molecule has 0 aromatic heterocycles. The summed E-state index contributed by atoms with van der Waals surface area (Å²) in [4.78, 5) is 12.1. The summed E-state index contributed by atoms with van der Waals surface area (Å²) in [6.45, 7) is 6.72. The molecule has 0 heterocycles. The lowest BCUT2D eigenvalue weighted by Crippen LogP contribution is -2.49. The highest BCUT2D eigenvalue weighted by Crippen LogP contribution is 2.26. The molecule has 0 saturated carbocycles. The fraction of sp³-hybridized carbons (Fsp3) is 0.500. The van der Waals surface area contributed by atoms with E-state index in [0.717, 1.165) is 12.1 Å². The van der Waals surface area contributed by atoms with Gasteiger partial charge in [0.1, 0.15) is 5.54 Å². The number of ether oxygens (including phenoxy) is 1. The van der Waals surface area contributed by atoms with Crippen LogP contribution in [0.25, 0.3) is 0 Å². The Morgan fingerprint density at radius 3 is 2.29 bits per heavy atom. The predicted octanol–water partition coefficient (Wildman–Crippen LogP) is 2.38. The van der Waals surface area contributed by atoms with Crippen LogP contribution in [-0.4, -0.2) is 19.6 Å². The molecular weight excluding hydrogens is 214 g/mol. The van der Waals surface area contributed by atoms with E-state index in [0.29, 0.717) is 6.42 Å². The van der Waals surface area contributed by atoms with Crippen LogP contribution in [0.1, 0.15) is 31.4 Å². The Morgan fingerprint density at radius 1 is 1.29 bits per heavy atom. The zero-order valence-electron chi connectivity index (χ0n) is 11.0. The van der Waals surface area contributed by atoms with E-state index in [-0.39, 0.29) is 5.97 Å². The largest absolute Gasteiger partial charge is 0.467 e. The molecule has 94 valence electrons. The maximum absolute atomic E-state index is 12.1. The van der Waals surface area contributed by atoms with Crippen molar-refractivity contribution < 1.29 is 9.53 Å². The average Bonchev–Trinajstić information content (AvgIpc) is 2.36. The van der Waals surface area contributed by atoms with Crippen molar-refractivity contribution in [3.8, 4) is 0 Å². The van der Waals surface area contributed by atoms with E-state index in [1.807, 2.05) is 45.0 Å². The lowest BCUT2D eigenvalue weighted by Gasteiger charge is -2.31. The molecule has 0 amide bonds. The molecule has 1 aromatic carbocycles. The van der Waals surface area contributed by atoms with Gasteiger partial charge in [0.15, 0.2) is 0 Å². The zero-order chi connectivity index (χ0) is 12.9. The van der Waals surface area contributed by atoms with Crippen LogP contribution >= 0.6 is 0 Å². The van der Waals surface area contributed by atoms with Gasteiger partial charge in [0.05, 0.1) is 7.11 Å². The number of carbonyl (C=O) groups is 1. The molecule has 17 heavy (non-hydrogen) atoms. The summed E-state index contributed by atoms with van der Waals surface area (Å²) in [5.41, 5.74) is 1.41. The van der Waals surface area contributed by atoms with Crippen molar-refractivity contribution in [3.05, 3.63) is 35.4 Å². The number of methoxy groups -OCH3 is 1. The van der Waals surface area contributed by atoms with Gasteiger partial charge in [-0.2, -0.15) is 0 Å². The first-order chi connectivity index (χ1) is 8.10. The Morgan fingerprint density at radius 2 is 1.88 bits per heavy atom. The number of rotatable bonds is 5. The third-order valence-corrected chi connectivity index (χ3v) is 3.09. The van der Waals surface area contributed by atoms with Crippen LogP contribution in [0.15, 0.2) is 24.3 Å². The SMILES string of the molecule is CCNC(CC)(C(=O)OC)c1ccc(C)cc1. The summed E-state index contributed by atoms with van der Waals surface area (Å²) in [6.07, 6.45) is 0.663. The summed E-state index contributed by atoms with van der Waals surface area (Å²) in [5.74, 6) is -0.231. The van der Waals surface area contributed by atoms with Crippen LogP contribution < -0.4 is 5.32 Å². The summed E-state index contributed by atoms with van der Waals surface area (Å²) < 4.78 is 4.94. The van der Waals surface area contributed by atoms with Gasteiger partial charge in [0.25, 0.3) is 0 Å². The third kappa shape index (κ3) is 2.67. The van der Waals surface area contributed by atoms with Crippen molar-refractivity contribution >= 4 is 5.97 Å². The first-order valence-electron chi connectivity index (χ1n) is 6.01. The second-order valence-electron chi connectivity index (χ2n) is 4.15. The molecule has 1 unspecified atom stereocenters. The van der Waals surface area contributed by atoms with E-state index in [4.69, 9.17) is 4.74 Å². The van der Waals surface area contributed by atoms with Crippen molar-refractivity contribution in [2.24, 2.45) is 0 Å². The molecule has 0 aliphatic rings. The average molecular weight is 235 g/mol. The second-order valence-corrected chi connectivity index (χ2v) is 4.15. The Hall–Kier alpha value is -1.35. The summed E-state index contributed by atoms with van der Waals surface area (Å²) in [5, 5.41) is 3.26. The second kappa shape index (κ2) is 5.82. The lowest BCUT2D eigenvalue weighted by atomic mass is 9.86. The van der Waals surface area contributed by atoms with E-state index >= 15 is 0 Å². The molecule has 0 spiro atoms. The van der Waals surface area contributed by atoms with Crippen molar-refractivity contribution in [1.82, 2.24) is 5.32 Å². The van der Waals surface area contributed by atoms with E-state index in [1.165, 1.54) is 12.7 Å². The highest BCUT2D eigenvalue weighted by atomic mass is 16.5. The molecule has 0 aliphatic carbocycles. The van der Waals surface area contributed by atoms with Crippen molar-refractivity contribution in [1.29, 1.82) is 0 Å². The van der Waals surface area contributed by atoms with Crippen LogP contribution in [-0.2, 0) is 15.1 Å². The first-order valence-corrected chi connectivity index (χ1v) is 6.01. The normalized spacial score (nSPS) is 14.1. The number of esters is 1. The number of carbonyl (C=O) groups excluding carboxylic acids is 1. The highest BCUT2D eigenvalue weighted by molar-refractivity contribution is 5.82. The molecule has 1 atom stereocenters. The molecule has 0 saturated heterocycles.